The topological polar surface area (TPSA) is 118 Å². The maximum atomic E-state index is 13.5. The zero-order chi connectivity index (χ0) is 27.4. The molecule has 2 aliphatic rings. The van der Waals surface area contributed by atoms with E-state index < -0.39 is 10.0 Å². The van der Waals surface area contributed by atoms with E-state index in [4.69, 9.17) is 4.74 Å². The maximum absolute atomic E-state index is 13.5. The molecule has 0 unspecified atom stereocenters. The van der Waals surface area contributed by atoms with Gasteiger partial charge < -0.3 is 15.0 Å². The number of sulfonamides is 1. The number of ether oxygens (including phenoxy) is 1. The zero-order valence-electron chi connectivity index (χ0n) is 21.7. The molecule has 0 bridgehead atoms. The molecular formula is C29H32N4O5S. The molecule has 9 nitrogen and oxygen atoms in total. The molecule has 2 fully saturated rings. The fourth-order valence-corrected chi connectivity index (χ4v) is 6.63. The summed E-state index contributed by atoms with van der Waals surface area (Å²) in [6.07, 6.45) is 3.92. The van der Waals surface area contributed by atoms with Crippen LogP contribution in [0.1, 0.15) is 37.3 Å². The number of nitrogens with one attached hydrogen (secondary N) is 2. The third kappa shape index (κ3) is 6.12. The molecule has 1 saturated heterocycles. The number of pyridine rings is 1. The number of amides is 2. The zero-order valence-corrected chi connectivity index (χ0v) is 22.6. The molecule has 2 aromatic carbocycles. The summed E-state index contributed by atoms with van der Waals surface area (Å²) in [6.45, 7) is 0.422. The van der Waals surface area contributed by atoms with Crippen LogP contribution in [0.5, 0.6) is 5.88 Å². The van der Waals surface area contributed by atoms with Gasteiger partial charge in [0, 0.05) is 36.3 Å². The van der Waals surface area contributed by atoms with E-state index in [2.05, 4.69) is 15.0 Å². The number of methoxy groups -OCH3 is 1. The average Bonchev–Trinajstić information content (AvgIpc) is 2.97. The lowest BCUT2D eigenvalue weighted by molar-refractivity contribution is -0.145. The molecule has 2 heterocycles. The standard InChI is InChI=1S/C29H32N4O5S/c1-38-28-16-11-23(17-31-28)20-9-14-25(15-10-20)39(36,37)32-24-12-7-22(8-13-24)29(35)33-19-27(34)30-18-26(33)21-5-3-2-4-6-21/h2-6,9-11,14-17,22,24,26,32H,7-8,12-13,18-19H2,1H3,(H,30,34)/t22?,24?,26-/m1/s1. The Morgan fingerprint density at radius 1 is 0.974 bits per heavy atom. The largest absolute Gasteiger partial charge is 0.481 e. The van der Waals surface area contributed by atoms with Crippen molar-refractivity contribution in [3.8, 4) is 17.0 Å². The predicted molar refractivity (Wildman–Crippen MR) is 146 cm³/mol. The molecule has 0 radical (unpaired) electrons. The fraction of sp³-hybridized carbons (Fsp3) is 0.345. The maximum Gasteiger partial charge on any atom is 0.240 e. The van der Waals surface area contributed by atoms with Crippen LogP contribution in [0.4, 0.5) is 0 Å². The second-order valence-electron chi connectivity index (χ2n) is 9.98. The summed E-state index contributed by atoms with van der Waals surface area (Å²) < 4.78 is 34.0. The summed E-state index contributed by atoms with van der Waals surface area (Å²) >= 11 is 0. The quantitative estimate of drug-likeness (QED) is 0.468. The van der Waals surface area contributed by atoms with E-state index in [1.165, 1.54) is 0 Å². The van der Waals surface area contributed by atoms with E-state index in [0.717, 1.165) is 16.7 Å². The second kappa shape index (κ2) is 11.5. The van der Waals surface area contributed by atoms with Crippen molar-refractivity contribution in [1.82, 2.24) is 19.9 Å². The van der Waals surface area contributed by atoms with Crippen LogP contribution in [-0.4, -0.2) is 56.4 Å². The first-order valence-corrected chi connectivity index (χ1v) is 14.6. The van der Waals surface area contributed by atoms with Crippen LogP contribution in [0.3, 0.4) is 0 Å². The van der Waals surface area contributed by atoms with Gasteiger partial charge in [0.2, 0.25) is 27.7 Å². The highest BCUT2D eigenvalue weighted by molar-refractivity contribution is 7.89. The van der Waals surface area contributed by atoms with Gasteiger partial charge >= 0.3 is 0 Å². The fourth-order valence-electron chi connectivity index (χ4n) is 5.32. The Morgan fingerprint density at radius 3 is 2.31 bits per heavy atom. The molecule has 204 valence electrons. The predicted octanol–water partition coefficient (Wildman–Crippen LogP) is 3.29. The van der Waals surface area contributed by atoms with E-state index >= 15 is 0 Å². The number of hydrogen-bond donors (Lipinski definition) is 2. The first-order valence-electron chi connectivity index (χ1n) is 13.1. The van der Waals surface area contributed by atoms with Crippen molar-refractivity contribution in [1.29, 1.82) is 0 Å². The van der Waals surface area contributed by atoms with Gasteiger partial charge in [-0.25, -0.2) is 18.1 Å². The van der Waals surface area contributed by atoms with E-state index in [1.54, 1.807) is 48.5 Å². The third-order valence-electron chi connectivity index (χ3n) is 7.49. The molecule has 1 aliphatic carbocycles. The molecule has 1 atom stereocenters. The van der Waals surface area contributed by atoms with Gasteiger partial charge in [-0.3, -0.25) is 9.59 Å². The van der Waals surface area contributed by atoms with Crippen molar-refractivity contribution in [2.75, 3.05) is 20.2 Å². The molecule has 10 heteroatoms. The summed E-state index contributed by atoms with van der Waals surface area (Å²) in [6, 6.07) is 19.6. The normalized spacial score (nSPS) is 21.7. The molecule has 1 saturated carbocycles. The smallest absolute Gasteiger partial charge is 0.240 e. The molecule has 3 aromatic rings. The van der Waals surface area contributed by atoms with Crippen molar-refractivity contribution in [2.24, 2.45) is 5.92 Å². The van der Waals surface area contributed by atoms with Crippen LogP contribution in [0.25, 0.3) is 11.1 Å². The molecule has 1 aliphatic heterocycles. The number of carbonyl (C=O) groups excluding carboxylic acids is 2. The van der Waals surface area contributed by atoms with Crippen molar-refractivity contribution in [3.63, 3.8) is 0 Å². The van der Waals surface area contributed by atoms with Gasteiger partial charge in [-0.05, 0) is 55.0 Å². The molecule has 1 aromatic heterocycles. The number of aromatic nitrogens is 1. The highest BCUT2D eigenvalue weighted by Crippen LogP contribution is 2.31. The lowest BCUT2D eigenvalue weighted by Gasteiger charge is -2.39. The Bertz CT molecular complexity index is 1400. The van der Waals surface area contributed by atoms with Gasteiger partial charge in [0.1, 0.15) is 6.54 Å². The van der Waals surface area contributed by atoms with E-state index in [0.29, 0.717) is 38.1 Å². The minimum absolute atomic E-state index is 0.0353. The number of benzene rings is 2. The summed E-state index contributed by atoms with van der Waals surface area (Å²) in [4.78, 5) is 31.7. The summed E-state index contributed by atoms with van der Waals surface area (Å²) in [7, 11) is -2.16. The molecule has 2 N–H and O–H groups in total. The average molecular weight is 549 g/mol. The number of nitrogens with zero attached hydrogens (tertiary/aromatic N) is 2. The van der Waals surface area contributed by atoms with Crippen molar-refractivity contribution < 1.29 is 22.7 Å². The number of rotatable bonds is 7. The minimum atomic E-state index is -3.71. The third-order valence-corrected chi connectivity index (χ3v) is 9.03. The van der Waals surface area contributed by atoms with Gasteiger partial charge in [0.25, 0.3) is 0 Å². The Kier molecular flexibility index (Phi) is 7.94. The van der Waals surface area contributed by atoms with Gasteiger partial charge in [-0.1, -0.05) is 42.5 Å². The molecular weight excluding hydrogens is 516 g/mol. The second-order valence-corrected chi connectivity index (χ2v) is 11.7. The van der Waals surface area contributed by atoms with Crippen LogP contribution in [0.2, 0.25) is 0 Å². The first-order chi connectivity index (χ1) is 18.8. The lowest BCUT2D eigenvalue weighted by atomic mass is 9.85. The minimum Gasteiger partial charge on any atom is -0.481 e. The van der Waals surface area contributed by atoms with Gasteiger partial charge in [0.05, 0.1) is 18.0 Å². The SMILES string of the molecule is COc1ccc(-c2ccc(S(=O)(=O)NC3CCC(C(=O)N4CC(=O)NC[C@@H]4c4ccccc4)CC3)cc2)cn1. The number of hydrogen-bond acceptors (Lipinski definition) is 6. The summed E-state index contributed by atoms with van der Waals surface area (Å²) in [5.41, 5.74) is 2.70. The summed E-state index contributed by atoms with van der Waals surface area (Å²) in [5, 5.41) is 2.87. The highest BCUT2D eigenvalue weighted by atomic mass is 32.2. The Hall–Kier alpha value is -3.76. The molecule has 0 spiro atoms. The highest BCUT2D eigenvalue weighted by Gasteiger charge is 2.37. The van der Waals surface area contributed by atoms with Crippen LogP contribution in [0.15, 0.2) is 77.8 Å². The Morgan fingerprint density at radius 2 is 1.67 bits per heavy atom. The van der Waals surface area contributed by atoms with Crippen molar-refractivity contribution in [2.45, 2.75) is 42.7 Å². The van der Waals surface area contributed by atoms with Crippen LogP contribution in [-0.2, 0) is 19.6 Å². The first kappa shape index (κ1) is 26.8. The van der Waals surface area contributed by atoms with Crippen LogP contribution < -0.4 is 14.8 Å². The van der Waals surface area contributed by atoms with Crippen molar-refractivity contribution >= 4 is 21.8 Å². The summed E-state index contributed by atoms with van der Waals surface area (Å²) in [5.74, 6) is 0.0751. The lowest BCUT2D eigenvalue weighted by Crippen LogP contribution is -2.54. The molecule has 39 heavy (non-hydrogen) atoms. The van der Waals surface area contributed by atoms with Gasteiger partial charge in [-0.15, -0.1) is 0 Å². The Labute approximate surface area is 228 Å². The van der Waals surface area contributed by atoms with Gasteiger partial charge in [0.15, 0.2) is 0 Å². The number of piperazine rings is 1. The van der Waals surface area contributed by atoms with E-state index in [-0.39, 0.29) is 41.3 Å². The van der Waals surface area contributed by atoms with E-state index in [9.17, 15) is 18.0 Å². The van der Waals surface area contributed by atoms with Gasteiger partial charge in [-0.2, -0.15) is 0 Å². The van der Waals surface area contributed by atoms with E-state index in [1.807, 2.05) is 36.4 Å². The van der Waals surface area contributed by atoms with Crippen LogP contribution >= 0.6 is 0 Å². The molecule has 5 rings (SSSR count). The number of carbonyl (C=O) groups is 2. The van der Waals surface area contributed by atoms with Crippen molar-refractivity contribution in [3.05, 3.63) is 78.5 Å². The van der Waals surface area contributed by atoms with Crippen LogP contribution in [0, 0.1) is 5.92 Å². The molecule has 2 amide bonds. The monoisotopic (exact) mass is 548 g/mol. The Balaban J connectivity index is 1.19.